The van der Waals surface area contributed by atoms with Crippen LogP contribution in [0, 0.1) is 0 Å². The van der Waals surface area contributed by atoms with Crippen LogP contribution < -0.4 is 5.32 Å². The van der Waals surface area contributed by atoms with Crippen molar-refractivity contribution in [3.05, 3.63) is 58.3 Å². The Bertz CT molecular complexity index is 996. The second-order valence-corrected chi connectivity index (χ2v) is 8.59. The topological polar surface area (TPSA) is 72.7 Å². The van der Waals surface area contributed by atoms with Crippen LogP contribution in [-0.4, -0.2) is 30.9 Å². The minimum Gasteiger partial charge on any atom is -0.349 e. The molecule has 0 bridgehead atoms. The summed E-state index contributed by atoms with van der Waals surface area (Å²) in [7, 11) is 0. The molecule has 2 unspecified atom stereocenters. The SMILES string of the molecule is CCn1c(SC(C)C(=O)NC(C)c2ccc(Cl)cc2Cl)nnc1-c1ccncc1. The van der Waals surface area contributed by atoms with E-state index < -0.39 is 0 Å². The lowest BCUT2D eigenvalue weighted by molar-refractivity contribution is -0.120. The van der Waals surface area contributed by atoms with E-state index in [1.807, 2.05) is 43.5 Å². The molecule has 2 atom stereocenters. The molecular weight excluding hydrogens is 429 g/mol. The van der Waals surface area contributed by atoms with Crippen LogP contribution in [-0.2, 0) is 11.3 Å². The average molecular weight is 450 g/mol. The monoisotopic (exact) mass is 449 g/mol. The van der Waals surface area contributed by atoms with Gasteiger partial charge in [0.15, 0.2) is 11.0 Å². The molecule has 3 rings (SSSR count). The molecule has 0 aliphatic carbocycles. The van der Waals surface area contributed by atoms with Crippen molar-refractivity contribution >= 4 is 40.9 Å². The van der Waals surface area contributed by atoms with E-state index in [1.54, 1.807) is 24.5 Å². The number of nitrogens with zero attached hydrogens (tertiary/aromatic N) is 4. The van der Waals surface area contributed by atoms with Crippen molar-refractivity contribution in [2.45, 2.75) is 43.8 Å². The number of thioether (sulfide) groups is 1. The third-order valence-electron chi connectivity index (χ3n) is 4.41. The minimum absolute atomic E-state index is 0.107. The zero-order valence-electron chi connectivity index (χ0n) is 16.3. The van der Waals surface area contributed by atoms with Crippen molar-refractivity contribution in [3.63, 3.8) is 0 Å². The number of pyridine rings is 1. The van der Waals surface area contributed by atoms with Gasteiger partial charge in [-0.2, -0.15) is 0 Å². The second kappa shape index (κ2) is 9.61. The van der Waals surface area contributed by atoms with Gasteiger partial charge in [-0.05, 0) is 50.6 Å². The number of hydrogen-bond donors (Lipinski definition) is 1. The number of halogens is 2. The Morgan fingerprint density at radius 3 is 2.55 bits per heavy atom. The molecule has 0 aliphatic heterocycles. The van der Waals surface area contributed by atoms with E-state index in [2.05, 4.69) is 20.5 Å². The van der Waals surface area contributed by atoms with Gasteiger partial charge in [0.2, 0.25) is 5.91 Å². The van der Waals surface area contributed by atoms with Crippen LogP contribution in [0.2, 0.25) is 10.0 Å². The maximum Gasteiger partial charge on any atom is 0.233 e. The molecule has 0 radical (unpaired) electrons. The zero-order chi connectivity index (χ0) is 21.0. The van der Waals surface area contributed by atoms with E-state index in [0.717, 1.165) is 17.0 Å². The summed E-state index contributed by atoms with van der Waals surface area (Å²) < 4.78 is 1.99. The second-order valence-electron chi connectivity index (χ2n) is 6.44. The lowest BCUT2D eigenvalue weighted by Crippen LogP contribution is -2.33. The van der Waals surface area contributed by atoms with Gasteiger partial charge in [0.05, 0.1) is 11.3 Å². The predicted molar refractivity (Wildman–Crippen MR) is 117 cm³/mol. The standard InChI is InChI=1S/C20H21Cl2N5OS/c1-4-27-18(14-7-9-23-10-8-14)25-26-20(27)29-13(3)19(28)24-12(2)16-6-5-15(21)11-17(16)22/h5-13H,4H2,1-3H3,(H,24,28). The average Bonchev–Trinajstić information content (AvgIpc) is 3.10. The van der Waals surface area contributed by atoms with E-state index in [-0.39, 0.29) is 17.2 Å². The maximum absolute atomic E-state index is 12.7. The highest BCUT2D eigenvalue weighted by molar-refractivity contribution is 8.00. The highest BCUT2D eigenvalue weighted by Gasteiger charge is 2.22. The van der Waals surface area contributed by atoms with Crippen LogP contribution in [0.1, 0.15) is 32.4 Å². The van der Waals surface area contributed by atoms with E-state index in [1.165, 1.54) is 11.8 Å². The number of nitrogens with one attached hydrogen (secondary N) is 1. The van der Waals surface area contributed by atoms with E-state index in [9.17, 15) is 4.79 Å². The fourth-order valence-electron chi connectivity index (χ4n) is 2.85. The number of aromatic nitrogens is 4. The molecular formula is C20H21Cl2N5OS. The van der Waals surface area contributed by atoms with Crippen molar-refractivity contribution in [2.24, 2.45) is 0 Å². The Labute approximate surface area is 184 Å². The van der Waals surface area contributed by atoms with Crippen molar-refractivity contribution < 1.29 is 4.79 Å². The molecule has 1 aromatic carbocycles. The molecule has 0 aliphatic rings. The van der Waals surface area contributed by atoms with Crippen LogP contribution >= 0.6 is 35.0 Å². The normalized spacial score (nSPS) is 13.1. The predicted octanol–water partition coefficient (Wildman–Crippen LogP) is 5.02. The van der Waals surface area contributed by atoms with Crippen molar-refractivity contribution in [2.75, 3.05) is 0 Å². The highest BCUT2D eigenvalue weighted by atomic mass is 35.5. The van der Waals surface area contributed by atoms with Gasteiger partial charge in [0.25, 0.3) is 0 Å². The Morgan fingerprint density at radius 2 is 1.90 bits per heavy atom. The summed E-state index contributed by atoms with van der Waals surface area (Å²) in [6, 6.07) is 8.78. The molecule has 9 heteroatoms. The lowest BCUT2D eigenvalue weighted by Gasteiger charge is -2.19. The first-order valence-electron chi connectivity index (χ1n) is 9.16. The third kappa shape index (κ3) is 5.10. The molecule has 0 spiro atoms. The summed E-state index contributed by atoms with van der Waals surface area (Å²) in [4.78, 5) is 16.8. The molecule has 1 amide bonds. The summed E-state index contributed by atoms with van der Waals surface area (Å²) in [5.41, 5.74) is 1.75. The van der Waals surface area contributed by atoms with Crippen LogP contribution in [0.5, 0.6) is 0 Å². The largest absolute Gasteiger partial charge is 0.349 e. The first kappa shape index (κ1) is 21.6. The molecule has 6 nitrogen and oxygen atoms in total. The number of benzene rings is 1. The van der Waals surface area contributed by atoms with Crippen LogP contribution in [0.4, 0.5) is 0 Å². The Kier molecular flexibility index (Phi) is 7.16. The lowest BCUT2D eigenvalue weighted by atomic mass is 10.1. The zero-order valence-corrected chi connectivity index (χ0v) is 18.6. The van der Waals surface area contributed by atoms with E-state index >= 15 is 0 Å². The summed E-state index contributed by atoms with van der Waals surface area (Å²) >= 11 is 13.6. The van der Waals surface area contributed by atoms with Crippen LogP contribution in [0.15, 0.2) is 47.9 Å². The van der Waals surface area contributed by atoms with Gasteiger partial charge in [0, 0.05) is 34.5 Å². The summed E-state index contributed by atoms with van der Waals surface area (Å²) in [5.74, 6) is 0.649. The smallest absolute Gasteiger partial charge is 0.233 e. The van der Waals surface area contributed by atoms with Crippen molar-refractivity contribution in [1.29, 1.82) is 0 Å². The quantitative estimate of drug-likeness (QED) is 0.512. The Morgan fingerprint density at radius 1 is 1.17 bits per heavy atom. The van der Waals surface area contributed by atoms with Crippen LogP contribution in [0.25, 0.3) is 11.4 Å². The fourth-order valence-corrected chi connectivity index (χ4v) is 4.34. The molecule has 2 aromatic heterocycles. The first-order chi connectivity index (χ1) is 13.9. The summed E-state index contributed by atoms with van der Waals surface area (Å²) in [6.07, 6.45) is 3.44. The molecule has 0 saturated carbocycles. The van der Waals surface area contributed by atoms with Gasteiger partial charge in [-0.25, -0.2) is 0 Å². The number of hydrogen-bond acceptors (Lipinski definition) is 5. The fraction of sp³-hybridized carbons (Fsp3) is 0.300. The maximum atomic E-state index is 12.7. The molecule has 29 heavy (non-hydrogen) atoms. The molecule has 152 valence electrons. The molecule has 2 heterocycles. The van der Waals surface area contributed by atoms with Gasteiger partial charge in [0.1, 0.15) is 0 Å². The van der Waals surface area contributed by atoms with Crippen molar-refractivity contribution in [3.8, 4) is 11.4 Å². The Hall–Kier alpha value is -2.09. The van der Waals surface area contributed by atoms with Gasteiger partial charge < -0.3 is 9.88 Å². The first-order valence-corrected chi connectivity index (χ1v) is 10.8. The van der Waals surface area contributed by atoms with Gasteiger partial charge in [-0.3, -0.25) is 9.78 Å². The highest BCUT2D eigenvalue weighted by Crippen LogP contribution is 2.29. The minimum atomic E-state index is -0.358. The molecule has 0 saturated heterocycles. The number of carbonyl (C=O) groups excluding carboxylic acids is 1. The number of amides is 1. The van der Waals surface area contributed by atoms with Crippen molar-refractivity contribution in [1.82, 2.24) is 25.1 Å². The molecule has 1 N–H and O–H groups in total. The van der Waals surface area contributed by atoms with Gasteiger partial charge in [-0.1, -0.05) is 41.0 Å². The number of carbonyl (C=O) groups is 1. The summed E-state index contributed by atoms with van der Waals surface area (Å²) in [6.45, 7) is 6.45. The molecule has 3 aromatic rings. The van der Waals surface area contributed by atoms with E-state index in [0.29, 0.717) is 21.7 Å². The van der Waals surface area contributed by atoms with Gasteiger partial charge in [-0.15, -0.1) is 10.2 Å². The van der Waals surface area contributed by atoms with E-state index in [4.69, 9.17) is 23.2 Å². The van der Waals surface area contributed by atoms with Crippen LogP contribution in [0.3, 0.4) is 0 Å². The third-order valence-corrected chi connectivity index (χ3v) is 6.05. The summed E-state index contributed by atoms with van der Waals surface area (Å²) in [5, 5.41) is 13.0. The molecule has 0 fully saturated rings. The number of rotatable bonds is 7. The Balaban J connectivity index is 1.70. The van der Waals surface area contributed by atoms with Gasteiger partial charge >= 0.3 is 0 Å².